The Morgan fingerprint density at radius 1 is 1.06 bits per heavy atom. The number of oxazole rings is 1. The van der Waals surface area contributed by atoms with Crippen molar-refractivity contribution >= 4 is 17.0 Å². The van der Waals surface area contributed by atoms with E-state index in [1.807, 2.05) is 23.1 Å². The quantitative estimate of drug-likeness (QED) is 0.322. The highest BCUT2D eigenvalue weighted by molar-refractivity contribution is 5.94. The molecular weight excluding hydrogens is 408 g/mol. The molecule has 0 aliphatic carbocycles. The van der Waals surface area contributed by atoms with Gasteiger partial charge >= 0.3 is 0 Å². The average Bonchev–Trinajstić information content (AvgIpc) is 3.49. The van der Waals surface area contributed by atoms with Gasteiger partial charge in [0.25, 0.3) is 5.91 Å². The van der Waals surface area contributed by atoms with Gasteiger partial charge in [-0.15, -0.1) is 0 Å². The fourth-order valence-electron chi connectivity index (χ4n) is 4.72. The van der Waals surface area contributed by atoms with Crippen molar-refractivity contribution in [2.24, 2.45) is 0 Å². The van der Waals surface area contributed by atoms with Crippen molar-refractivity contribution < 1.29 is 9.21 Å². The summed E-state index contributed by atoms with van der Waals surface area (Å²) in [4.78, 5) is 20.0. The maximum atomic E-state index is 13.3. The van der Waals surface area contributed by atoms with Crippen molar-refractivity contribution in [3.8, 4) is 11.1 Å². The van der Waals surface area contributed by atoms with Crippen molar-refractivity contribution in [2.75, 3.05) is 6.54 Å². The topological polar surface area (TPSA) is 46.3 Å². The van der Waals surface area contributed by atoms with E-state index in [-0.39, 0.29) is 11.9 Å². The SMILES string of the molecule is CCCCc1ccc(C(=O)N2CCCC2c2nc3cc(-c4cccc(C)c4)ccc3o2)cc1. The van der Waals surface area contributed by atoms with Gasteiger partial charge in [0, 0.05) is 12.1 Å². The lowest BCUT2D eigenvalue weighted by atomic mass is 10.0. The second-order valence-corrected chi connectivity index (χ2v) is 9.06. The number of carbonyl (C=O) groups is 1. The average molecular weight is 439 g/mol. The molecule has 1 unspecified atom stereocenters. The van der Waals surface area contributed by atoms with Gasteiger partial charge in [-0.3, -0.25) is 4.79 Å². The van der Waals surface area contributed by atoms with Gasteiger partial charge in [0.05, 0.1) is 0 Å². The van der Waals surface area contributed by atoms with Crippen LogP contribution in [0.2, 0.25) is 0 Å². The number of aromatic nitrogens is 1. The van der Waals surface area contributed by atoms with E-state index in [9.17, 15) is 4.79 Å². The third-order valence-electron chi connectivity index (χ3n) is 6.57. The minimum absolute atomic E-state index is 0.0576. The summed E-state index contributed by atoms with van der Waals surface area (Å²) >= 11 is 0. The molecule has 2 heterocycles. The lowest BCUT2D eigenvalue weighted by Crippen LogP contribution is -2.30. The summed E-state index contributed by atoms with van der Waals surface area (Å²) in [6, 6.07) is 22.6. The van der Waals surface area contributed by atoms with Crippen molar-refractivity contribution in [3.05, 3.63) is 89.3 Å². The van der Waals surface area contributed by atoms with Gasteiger partial charge in [-0.25, -0.2) is 4.98 Å². The molecule has 0 radical (unpaired) electrons. The Morgan fingerprint density at radius 2 is 1.88 bits per heavy atom. The van der Waals surface area contributed by atoms with Crippen LogP contribution in [-0.2, 0) is 6.42 Å². The lowest BCUT2D eigenvalue weighted by molar-refractivity contribution is 0.0717. The Kier molecular flexibility index (Phi) is 5.99. The number of unbranched alkanes of at least 4 members (excludes halogenated alkanes) is 1. The number of hydrogen-bond donors (Lipinski definition) is 0. The number of fused-ring (bicyclic) bond motifs is 1. The third-order valence-corrected chi connectivity index (χ3v) is 6.57. The zero-order chi connectivity index (χ0) is 22.8. The summed E-state index contributed by atoms with van der Waals surface area (Å²) in [6.45, 7) is 5.02. The van der Waals surface area contributed by atoms with Gasteiger partial charge in [0.15, 0.2) is 5.58 Å². The fraction of sp³-hybridized carbons (Fsp3) is 0.310. The first kappa shape index (κ1) is 21.4. The molecule has 1 aliphatic rings. The number of hydrogen-bond acceptors (Lipinski definition) is 3. The van der Waals surface area contributed by atoms with Crippen LogP contribution in [0, 0.1) is 6.92 Å². The van der Waals surface area contributed by atoms with E-state index >= 15 is 0 Å². The lowest BCUT2D eigenvalue weighted by Gasteiger charge is -2.22. The summed E-state index contributed by atoms with van der Waals surface area (Å²) in [5.41, 5.74) is 7.14. The number of aryl methyl sites for hydroxylation is 2. The van der Waals surface area contributed by atoms with Gasteiger partial charge in [0.1, 0.15) is 11.6 Å². The Hall–Kier alpha value is -3.40. The molecule has 1 fully saturated rings. The van der Waals surface area contributed by atoms with Crippen LogP contribution in [-0.4, -0.2) is 22.3 Å². The fourth-order valence-corrected chi connectivity index (χ4v) is 4.72. The van der Waals surface area contributed by atoms with E-state index in [4.69, 9.17) is 9.40 Å². The summed E-state index contributed by atoms with van der Waals surface area (Å²) in [5.74, 6) is 0.694. The first-order valence-electron chi connectivity index (χ1n) is 12.0. The highest BCUT2D eigenvalue weighted by Crippen LogP contribution is 2.35. The molecule has 5 rings (SSSR count). The predicted octanol–water partition coefficient (Wildman–Crippen LogP) is 7.12. The zero-order valence-electron chi connectivity index (χ0n) is 19.4. The normalized spacial score (nSPS) is 15.9. The van der Waals surface area contributed by atoms with Crippen LogP contribution < -0.4 is 0 Å². The Bertz CT molecular complexity index is 1270. The van der Waals surface area contributed by atoms with E-state index in [1.165, 1.54) is 29.5 Å². The number of carbonyl (C=O) groups excluding carboxylic acids is 1. The van der Waals surface area contributed by atoms with E-state index in [0.717, 1.165) is 48.0 Å². The molecule has 0 N–H and O–H groups in total. The Labute approximate surface area is 195 Å². The molecule has 0 bridgehead atoms. The molecule has 168 valence electrons. The van der Waals surface area contributed by atoms with Crippen LogP contribution in [0.4, 0.5) is 0 Å². The summed E-state index contributed by atoms with van der Waals surface area (Å²) in [5, 5.41) is 0. The van der Waals surface area contributed by atoms with Crippen molar-refractivity contribution in [1.29, 1.82) is 0 Å². The highest BCUT2D eigenvalue weighted by Gasteiger charge is 2.34. The molecule has 4 heteroatoms. The molecule has 0 spiro atoms. The van der Waals surface area contributed by atoms with Gasteiger partial charge < -0.3 is 9.32 Å². The first-order valence-corrected chi connectivity index (χ1v) is 12.0. The van der Waals surface area contributed by atoms with E-state index in [1.54, 1.807) is 0 Å². The summed E-state index contributed by atoms with van der Waals surface area (Å²) < 4.78 is 6.14. The number of rotatable bonds is 6. The highest BCUT2D eigenvalue weighted by atomic mass is 16.3. The van der Waals surface area contributed by atoms with E-state index in [0.29, 0.717) is 5.89 Å². The Balaban J connectivity index is 1.38. The van der Waals surface area contributed by atoms with Gasteiger partial charge in [-0.1, -0.05) is 61.4 Å². The van der Waals surface area contributed by atoms with E-state index in [2.05, 4.69) is 62.4 Å². The van der Waals surface area contributed by atoms with Crippen LogP contribution in [0.1, 0.15) is 66.0 Å². The number of benzene rings is 3. The smallest absolute Gasteiger partial charge is 0.254 e. The van der Waals surface area contributed by atoms with Gasteiger partial charge in [0.2, 0.25) is 5.89 Å². The van der Waals surface area contributed by atoms with Crippen molar-refractivity contribution in [3.63, 3.8) is 0 Å². The molecule has 4 nitrogen and oxygen atoms in total. The predicted molar refractivity (Wildman–Crippen MR) is 132 cm³/mol. The molecule has 0 saturated carbocycles. The molecule has 1 amide bonds. The van der Waals surface area contributed by atoms with Crippen LogP contribution in [0.3, 0.4) is 0 Å². The molecular formula is C29H30N2O2. The maximum Gasteiger partial charge on any atom is 0.254 e. The molecule has 1 saturated heterocycles. The number of nitrogens with zero attached hydrogens (tertiary/aromatic N) is 2. The second kappa shape index (κ2) is 9.22. The maximum absolute atomic E-state index is 13.3. The van der Waals surface area contributed by atoms with Crippen molar-refractivity contribution in [1.82, 2.24) is 9.88 Å². The largest absolute Gasteiger partial charge is 0.438 e. The van der Waals surface area contributed by atoms with Crippen LogP contribution >= 0.6 is 0 Å². The van der Waals surface area contributed by atoms with Gasteiger partial charge in [-0.05, 0) is 73.6 Å². The third kappa shape index (κ3) is 4.43. The van der Waals surface area contributed by atoms with Crippen LogP contribution in [0.15, 0.2) is 71.1 Å². The monoisotopic (exact) mass is 438 g/mol. The molecule has 1 atom stereocenters. The minimum Gasteiger partial charge on any atom is -0.438 e. The number of likely N-dealkylation sites (tertiary alicyclic amines) is 1. The Morgan fingerprint density at radius 3 is 2.67 bits per heavy atom. The van der Waals surface area contributed by atoms with Crippen LogP contribution in [0.5, 0.6) is 0 Å². The summed E-state index contributed by atoms with van der Waals surface area (Å²) in [6.07, 6.45) is 5.23. The minimum atomic E-state index is -0.118. The standard InChI is InChI=1S/C29H30N2O2/c1-3-4-8-21-11-13-22(14-12-21)29(32)31-17-6-10-26(31)28-30-25-19-24(15-16-27(25)33-28)23-9-5-7-20(2)18-23/h5,7,9,11-16,18-19,26H,3-4,6,8,10,17H2,1-2H3. The molecule has 3 aromatic carbocycles. The zero-order valence-corrected chi connectivity index (χ0v) is 19.4. The van der Waals surface area contributed by atoms with Crippen molar-refractivity contribution in [2.45, 2.75) is 52.0 Å². The molecule has 33 heavy (non-hydrogen) atoms. The van der Waals surface area contributed by atoms with E-state index < -0.39 is 0 Å². The molecule has 1 aliphatic heterocycles. The second-order valence-electron chi connectivity index (χ2n) is 9.06. The first-order chi connectivity index (χ1) is 16.1. The van der Waals surface area contributed by atoms with Gasteiger partial charge in [-0.2, -0.15) is 0 Å². The van der Waals surface area contributed by atoms with Crippen LogP contribution in [0.25, 0.3) is 22.2 Å². The number of amides is 1. The summed E-state index contributed by atoms with van der Waals surface area (Å²) in [7, 11) is 0. The molecule has 1 aromatic heterocycles. The molecule has 4 aromatic rings.